The fourth-order valence-corrected chi connectivity index (χ4v) is 2.63. The van der Waals surface area contributed by atoms with Crippen molar-refractivity contribution < 1.29 is 14.3 Å². The number of carbonyl (C=O) groups excluding carboxylic acids is 1. The van der Waals surface area contributed by atoms with Gasteiger partial charge < -0.3 is 18.9 Å². The monoisotopic (exact) mass is 302 g/mol. The van der Waals surface area contributed by atoms with E-state index in [1.165, 1.54) is 0 Å². The van der Waals surface area contributed by atoms with Crippen molar-refractivity contribution in [2.24, 2.45) is 0 Å². The maximum absolute atomic E-state index is 12.7. The third-order valence-corrected chi connectivity index (χ3v) is 3.86. The SMILES string of the molecule is COc1ccc(C(=O)N2CCn3c(C)nnc3C2)cc1OC. The molecule has 1 aromatic carbocycles. The van der Waals surface area contributed by atoms with Crippen LogP contribution in [0.3, 0.4) is 0 Å². The van der Waals surface area contributed by atoms with E-state index in [0.717, 1.165) is 11.6 Å². The maximum atomic E-state index is 12.7. The molecule has 0 saturated heterocycles. The summed E-state index contributed by atoms with van der Waals surface area (Å²) in [6, 6.07) is 5.18. The first-order chi connectivity index (χ1) is 10.6. The number of rotatable bonds is 3. The largest absolute Gasteiger partial charge is 0.493 e. The Morgan fingerprint density at radius 3 is 2.64 bits per heavy atom. The molecule has 0 bridgehead atoms. The highest BCUT2D eigenvalue weighted by Gasteiger charge is 2.24. The molecule has 3 rings (SSSR count). The summed E-state index contributed by atoms with van der Waals surface area (Å²) >= 11 is 0. The molecule has 0 spiro atoms. The van der Waals surface area contributed by atoms with Crippen molar-refractivity contribution in [3.63, 3.8) is 0 Å². The average Bonchev–Trinajstić information content (AvgIpc) is 2.94. The minimum absolute atomic E-state index is 0.0483. The summed E-state index contributed by atoms with van der Waals surface area (Å²) in [5.74, 6) is 2.80. The summed E-state index contributed by atoms with van der Waals surface area (Å²) < 4.78 is 12.5. The third kappa shape index (κ3) is 2.38. The van der Waals surface area contributed by atoms with Crippen LogP contribution in [0, 0.1) is 6.92 Å². The Bertz CT molecular complexity index is 711. The van der Waals surface area contributed by atoms with Crippen LogP contribution >= 0.6 is 0 Å². The zero-order valence-electron chi connectivity index (χ0n) is 12.9. The number of carbonyl (C=O) groups is 1. The van der Waals surface area contributed by atoms with E-state index in [0.29, 0.717) is 36.7 Å². The van der Waals surface area contributed by atoms with Gasteiger partial charge in [0.15, 0.2) is 17.3 Å². The highest BCUT2D eigenvalue weighted by molar-refractivity contribution is 5.95. The van der Waals surface area contributed by atoms with E-state index in [9.17, 15) is 4.79 Å². The molecular weight excluding hydrogens is 284 g/mol. The molecule has 0 unspecified atom stereocenters. The molecule has 1 aromatic heterocycles. The van der Waals surface area contributed by atoms with Crippen molar-refractivity contribution in [2.45, 2.75) is 20.0 Å². The molecular formula is C15H18N4O3. The number of hydrogen-bond acceptors (Lipinski definition) is 5. The minimum Gasteiger partial charge on any atom is -0.493 e. The van der Waals surface area contributed by atoms with Crippen LogP contribution in [0.5, 0.6) is 11.5 Å². The molecule has 2 aromatic rings. The Kier molecular flexibility index (Phi) is 3.70. The molecule has 0 radical (unpaired) electrons. The molecule has 7 nitrogen and oxygen atoms in total. The molecule has 22 heavy (non-hydrogen) atoms. The van der Waals surface area contributed by atoms with Gasteiger partial charge in [0.1, 0.15) is 5.82 Å². The van der Waals surface area contributed by atoms with E-state index in [2.05, 4.69) is 10.2 Å². The van der Waals surface area contributed by atoms with E-state index in [4.69, 9.17) is 9.47 Å². The second kappa shape index (κ2) is 5.67. The van der Waals surface area contributed by atoms with Crippen LogP contribution in [0.25, 0.3) is 0 Å². The topological polar surface area (TPSA) is 69.5 Å². The van der Waals surface area contributed by atoms with Crippen molar-refractivity contribution in [2.75, 3.05) is 20.8 Å². The van der Waals surface area contributed by atoms with Crippen LogP contribution in [0.2, 0.25) is 0 Å². The number of aromatic nitrogens is 3. The lowest BCUT2D eigenvalue weighted by Gasteiger charge is -2.27. The first-order valence-corrected chi connectivity index (χ1v) is 7.04. The third-order valence-electron chi connectivity index (χ3n) is 3.86. The van der Waals surface area contributed by atoms with Crippen molar-refractivity contribution in [3.05, 3.63) is 35.4 Å². The summed E-state index contributed by atoms with van der Waals surface area (Å²) in [4.78, 5) is 14.4. The second-order valence-electron chi connectivity index (χ2n) is 5.11. The van der Waals surface area contributed by atoms with E-state index in [-0.39, 0.29) is 5.91 Å². The molecule has 1 aliphatic rings. The lowest BCUT2D eigenvalue weighted by Crippen LogP contribution is -2.38. The minimum atomic E-state index is -0.0483. The van der Waals surface area contributed by atoms with Crippen molar-refractivity contribution >= 4 is 5.91 Å². The zero-order valence-corrected chi connectivity index (χ0v) is 12.9. The van der Waals surface area contributed by atoms with Crippen molar-refractivity contribution in [1.29, 1.82) is 0 Å². The summed E-state index contributed by atoms with van der Waals surface area (Å²) in [6.07, 6.45) is 0. The number of benzene rings is 1. The van der Waals surface area contributed by atoms with Gasteiger partial charge in [-0.25, -0.2) is 0 Å². The van der Waals surface area contributed by atoms with Gasteiger partial charge in [-0.3, -0.25) is 4.79 Å². The highest BCUT2D eigenvalue weighted by Crippen LogP contribution is 2.28. The molecule has 0 aliphatic carbocycles. The molecule has 7 heteroatoms. The molecule has 0 fully saturated rings. The number of amides is 1. The van der Waals surface area contributed by atoms with Gasteiger partial charge >= 0.3 is 0 Å². The van der Waals surface area contributed by atoms with Crippen LogP contribution < -0.4 is 9.47 Å². The average molecular weight is 302 g/mol. The molecule has 0 N–H and O–H groups in total. The van der Waals surface area contributed by atoms with Gasteiger partial charge in [0.05, 0.1) is 20.8 Å². The number of ether oxygens (including phenoxy) is 2. The van der Waals surface area contributed by atoms with Crippen LogP contribution in [0.15, 0.2) is 18.2 Å². The van der Waals surface area contributed by atoms with Crippen LogP contribution in [-0.4, -0.2) is 46.3 Å². The van der Waals surface area contributed by atoms with Gasteiger partial charge in [0.2, 0.25) is 0 Å². The van der Waals surface area contributed by atoms with Gasteiger partial charge in [-0.05, 0) is 25.1 Å². The predicted octanol–water partition coefficient (Wildman–Crippen LogP) is 1.26. The van der Waals surface area contributed by atoms with Gasteiger partial charge in [-0.2, -0.15) is 0 Å². The van der Waals surface area contributed by atoms with E-state index >= 15 is 0 Å². The van der Waals surface area contributed by atoms with Gasteiger partial charge in [0, 0.05) is 18.7 Å². The van der Waals surface area contributed by atoms with Gasteiger partial charge in [-0.1, -0.05) is 0 Å². The maximum Gasteiger partial charge on any atom is 0.254 e. The van der Waals surface area contributed by atoms with Crippen molar-refractivity contribution in [1.82, 2.24) is 19.7 Å². The smallest absolute Gasteiger partial charge is 0.254 e. The lowest BCUT2D eigenvalue weighted by molar-refractivity contribution is 0.0706. The van der Waals surface area contributed by atoms with Gasteiger partial charge in [0.25, 0.3) is 5.91 Å². The Balaban J connectivity index is 1.83. The Morgan fingerprint density at radius 1 is 1.14 bits per heavy atom. The molecule has 2 heterocycles. The second-order valence-corrected chi connectivity index (χ2v) is 5.11. The number of aryl methyl sites for hydroxylation is 1. The van der Waals surface area contributed by atoms with E-state index in [1.54, 1.807) is 37.3 Å². The van der Waals surface area contributed by atoms with Crippen LogP contribution in [0.1, 0.15) is 22.0 Å². The Hall–Kier alpha value is -2.57. The fourth-order valence-electron chi connectivity index (χ4n) is 2.63. The number of fused-ring (bicyclic) bond motifs is 1. The van der Waals surface area contributed by atoms with Crippen LogP contribution in [0.4, 0.5) is 0 Å². The summed E-state index contributed by atoms with van der Waals surface area (Å²) in [7, 11) is 3.12. The Morgan fingerprint density at radius 2 is 1.91 bits per heavy atom. The zero-order chi connectivity index (χ0) is 15.7. The quantitative estimate of drug-likeness (QED) is 0.853. The number of nitrogens with zero attached hydrogens (tertiary/aromatic N) is 4. The molecule has 1 amide bonds. The van der Waals surface area contributed by atoms with E-state index < -0.39 is 0 Å². The summed E-state index contributed by atoms with van der Waals surface area (Å²) in [6.45, 7) is 3.74. The first kappa shape index (κ1) is 14.4. The standard InChI is InChI=1S/C15H18N4O3/c1-10-16-17-14-9-18(6-7-19(10)14)15(20)11-4-5-12(21-2)13(8-11)22-3/h4-5,8H,6-7,9H2,1-3H3. The predicted molar refractivity (Wildman–Crippen MR) is 79.0 cm³/mol. The first-order valence-electron chi connectivity index (χ1n) is 7.04. The Labute approximate surface area is 128 Å². The summed E-state index contributed by atoms with van der Waals surface area (Å²) in [5.41, 5.74) is 0.572. The normalized spacial score (nSPS) is 13.7. The fraction of sp³-hybridized carbons (Fsp3) is 0.400. The highest BCUT2D eigenvalue weighted by atomic mass is 16.5. The van der Waals surface area contributed by atoms with Crippen LogP contribution in [-0.2, 0) is 13.1 Å². The molecule has 0 saturated carbocycles. The molecule has 1 aliphatic heterocycles. The number of methoxy groups -OCH3 is 2. The summed E-state index contributed by atoms with van der Waals surface area (Å²) in [5, 5.41) is 8.17. The van der Waals surface area contributed by atoms with Crippen molar-refractivity contribution in [3.8, 4) is 11.5 Å². The molecule has 0 atom stereocenters. The van der Waals surface area contributed by atoms with Gasteiger partial charge in [-0.15, -0.1) is 10.2 Å². The molecule has 116 valence electrons. The van der Waals surface area contributed by atoms with E-state index in [1.807, 2.05) is 11.5 Å². The lowest BCUT2D eigenvalue weighted by atomic mass is 10.1. The number of hydrogen-bond donors (Lipinski definition) is 0.